The van der Waals surface area contributed by atoms with Crippen molar-refractivity contribution in [1.29, 1.82) is 0 Å². The third kappa shape index (κ3) is 1.83. The van der Waals surface area contributed by atoms with Gasteiger partial charge in [-0.25, -0.2) is 0 Å². The van der Waals surface area contributed by atoms with Gasteiger partial charge in [0.1, 0.15) is 0 Å². The molecule has 0 radical (unpaired) electrons. The molecule has 0 bridgehead atoms. The van der Waals surface area contributed by atoms with Crippen LogP contribution in [0.1, 0.15) is 27.2 Å². The van der Waals surface area contributed by atoms with Gasteiger partial charge in [-0.3, -0.25) is 4.99 Å². The minimum Gasteiger partial charge on any atom is -0.319 e. The topological polar surface area (TPSA) is 38.4 Å². The SMILES string of the molecule is CCC1=CC(C)(N)C(C)=CN=C1. The van der Waals surface area contributed by atoms with Crippen molar-refractivity contribution in [3.05, 3.63) is 23.4 Å². The van der Waals surface area contributed by atoms with Crippen LogP contribution in [0.4, 0.5) is 0 Å². The molecule has 2 heteroatoms. The van der Waals surface area contributed by atoms with E-state index in [9.17, 15) is 0 Å². The third-order valence-corrected chi connectivity index (χ3v) is 2.25. The summed E-state index contributed by atoms with van der Waals surface area (Å²) in [5.41, 5.74) is 8.03. The van der Waals surface area contributed by atoms with Gasteiger partial charge in [0.2, 0.25) is 0 Å². The lowest BCUT2D eigenvalue weighted by atomic mass is 9.92. The third-order valence-electron chi connectivity index (χ3n) is 2.25. The highest BCUT2D eigenvalue weighted by molar-refractivity contribution is 5.80. The zero-order valence-corrected chi connectivity index (χ0v) is 7.96. The van der Waals surface area contributed by atoms with E-state index in [1.54, 1.807) is 0 Å². The summed E-state index contributed by atoms with van der Waals surface area (Å²) in [6, 6.07) is 0. The lowest BCUT2D eigenvalue weighted by Crippen LogP contribution is -2.35. The van der Waals surface area contributed by atoms with Gasteiger partial charge >= 0.3 is 0 Å². The number of rotatable bonds is 1. The molecule has 0 saturated carbocycles. The molecule has 66 valence electrons. The summed E-state index contributed by atoms with van der Waals surface area (Å²) in [7, 11) is 0. The van der Waals surface area contributed by atoms with Crippen LogP contribution in [0.3, 0.4) is 0 Å². The maximum absolute atomic E-state index is 6.06. The summed E-state index contributed by atoms with van der Waals surface area (Å²) >= 11 is 0. The molecular weight excluding hydrogens is 148 g/mol. The van der Waals surface area contributed by atoms with E-state index in [4.69, 9.17) is 5.73 Å². The molecular formula is C10H16N2. The Hall–Kier alpha value is -0.890. The Bertz CT molecular complexity index is 257. The van der Waals surface area contributed by atoms with Gasteiger partial charge in [0.15, 0.2) is 0 Å². The van der Waals surface area contributed by atoms with Crippen LogP contribution in [0.25, 0.3) is 0 Å². The number of nitrogens with two attached hydrogens (primary N) is 1. The highest BCUT2D eigenvalue weighted by Crippen LogP contribution is 2.19. The molecule has 12 heavy (non-hydrogen) atoms. The Kier molecular flexibility index (Phi) is 2.48. The van der Waals surface area contributed by atoms with Crippen LogP contribution in [-0.4, -0.2) is 11.8 Å². The first kappa shape index (κ1) is 9.20. The number of hydrogen-bond acceptors (Lipinski definition) is 2. The lowest BCUT2D eigenvalue weighted by Gasteiger charge is -2.20. The Balaban J connectivity index is 3.02. The number of hydrogen-bond donors (Lipinski definition) is 1. The molecule has 1 rings (SSSR count). The van der Waals surface area contributed by atoms with Crippen molar-refractivity contribution < 1.29 is 0 Å². The maximum Gasteiger partial charge on any atom is 0.0547 e. The van der Waals surface area contributed by atoms with Crippen LogP contribution >= 0.6 is 0 Å². The summed E-state index contributed by atoms with van der Waals surface area (Å²) in [4.78, 5) is 4.16. The minimum absolute atomic E-state index is 0.332. The second kappa shape index (κ2) is 3.23. The molecule has 0 spiro atoms. The highest BCUT2D eigenvalue weighted by Gasteiger charge is 2.19. The normalized spacial score (nSPS) is 29.3. The molecule has 2 N–H and O–H groups in total. The van der Waals surface area contributed by atoms with E-state index in [1.165, 1.54) is 5.57 Å². The first-order chi connectivity index (χ1) is 5.56. The van der Waals surface area contributed by atoms with E-state index in [2.05, 4.69) is 18.0 Å². The quantitative estimate of drug-likeness (QED) is 0.632. The number of nitrogens with zero attached hydrogens (tertiary/aromatic N) is 1. The Labute approximate surface area is 73.9 Å². The van der Waals surface area contributed by atoms with Gasteiger partial charge in [0.25, 0.3) is 0 Å². The van der Waals surface area contributed by atoms with E-state index in [0.29, 0.717) is 0 Å². The van der Waals surface area contributed by atoms with Crippen molar-refractivity contribution in [2.24, 2.45) is 10.7 Å². The number of allylic oxidation sites excluding steroid dienone is 1. The molecule has 1 aliphatic rings. The monoisotopic (exact) mass is 164 g/mol. The Morgan fingerprint density at radius 3 is 2.83 bits per heavy atom. The Morgan fingerprint density at radius 1 is 1.58 bits per heavy atom. The van der Waals surface area contributed by atoms with Crippen molar-refractivity contribution in [2.45, 2.75) is 32.7 Å². The van der Waals surface area contributed by atoms with E-state index >= 15 is 0 Å². The van der Waals surface area contributed by atoms with Crippen molar-refractivity contribution in [2.75, 3.05) is 0 Å². The maximum atomic E-state index is 6.06. The predicted octanol–water partition coefficient (Wildman–Crippen LogP) is 2.03. The fraction of sp³-hybridized carbons (Fsp3) is 0.500. The summed E-state index contributed by atoms with van der Waals surface area (Å²) in [6.45, 7) is 6.12. The van der Waals surface area contributed by atoms with E-state index < -0.39 is 0 Å². The minimum atomic E-state index is -0.332. The average molecular weight is 164 g/mol. The molecule has 2 nitrogen and oxygen atoms in total. The Morgan fingerprint density at radius 2 is 2.25 bits per heavy atom. The van der Waals surface area contributed by atoms with Crippen molar-refractivity contribution >= 4 is 6.21 Å². The molecule has 0 amide bonds. The van der Waals surface area contributed by atoms with Gasteiger partial charge in [-0.05, 0) is 31.4 Å². The van der Waals surface area contributed by atoms with E-state index in [0.717, 1.165) is 12.0 Å². The van der Waals surface area contributed by atoms with E-state index in [1.807, 2.05) is 26.3 Å². The zero-order valence-electron chi connectivity index (χ0n) is 7.96. The van der Waals surface area contributed by atoms with Gasteiger partial charge in [0.05, 0.1) is 5.54 Å². The summed E-state index contributed by atoms with van der Waals surface area (Å²) in [5.74, 6) is 0. The molecule has 0 aliphatic carbocycles. The predicted molar refractivity (Wildman–Crippen MR) is 53.2 cm³/mol. The average Bonchev–Trinajstić information content (AvgIpc) is 2.12. The largest absolute Gasteiger partial charge is 0.319 e. The highest BCUT2D eigenvalue weighted by atomic mass is 14.8. The number of aliphatic imine (C=N–C) groups is 1. The van der Waals surface area contributed by atoms with Crippen molar-refractivity contribution in [3.63, 3.8) is 0 Å². The van der Waals surface area contributed by atoms with Crippen LogP contribution in [0, 0.1) is 0 Å². The molecule has 0 aromatic rings. The van der Waals surface area contributed by atoms with Gasteiger partial charge < -0.3 is 5.73 Å². The fourth-order valence-electron chi connectivity index (χ4n) is 1.11. The first-order valence-corrected chi connectivity index (χ1v) is 4.27. The zero-order chi connectivity index (χ0) is 9.19. The smallest absolute Gasteiger partial charge is 0.0547 e. The van der Waals surface area contributed by atoms with Crippen molar-refractivity contribution in [1.82, 2.24) is 0 Å². The van der Waals surface area contributed by atoms with Crippen LogP contribution in [0.5, 0.6) is 0 Å². The fourth-order valence-corrected chi connectivity index (χ4v) is 1.11. The molecule has 0 fully saturated rings. The molecule has 1 unspecified atom stereocenters. The molecule has 0 aromatic heterocycles. The van der Waals surface area contributed by atoms with Crippen LogP contribution < -0.4 is 5.73 Å². The molecule has 1 aliphatic heterocycles. The molecule has 1 atom stereocenters. The molecule has 0 aromatic carbocycles. The van der Waals surface area contributed by atoms with Crippen LogP contribution in [0.2, 0.25) is 0 Å². The molecule has 0 saturated heterocycles. The summed E-state index contributed by atoms with van der Waals surface area (Å²) in [6.07, 6.45) is 6.77. The second-order valence-electron chi connectivity index (χ2n) is 3.45. The molecule has 1 heterocycles. The standard InChI is InChI=1S/C10H16N2/c1-4-9-5-10(3,11)8(2)6-12-7-9/h5-7H,4,11H2,1-3H3. The lowest BCUT2D eigenvalue weighted by molar-refractivity contribution is 0.680. The van der Waals surface area contributed by atoms with Crippen molar-refractivity contribution in [3.8, 4) is 0 Å². The summed E-state index contributed by atoms with van der Waals surface area (Å²) < 4.78 is 0. The first-order valence-electron chi connectivity index (χ1n) is 4.27. The second-order valence-corrected chi connectivity index (χ2v) is 3.45. The van der Waals surface area contributed by atoms with E-state index in [-0.39, 0.29) is 5.54 Å². The van der Waals surface area contributed by atoms with Crippen LogP contribution in [0.15, 0.2) is 28.4 Å². The van der Waals surface area contributed by atoms with Gasteiger partial charge in [-0.2, -0.15) is 0 Å². The van der Waals surface area contributed by atoms with Gasteiger partial charge in [-0.1, -0.05) is 13.0 Å². The van der Waals surface area contributed by atoms with Gasteiger partial charge in [0, 0.05) is 12.4 Å². The summed E-state index contributed by atoms with van der Waals surface area (Å²) in [5, 5.41) is 0. The van der Waals surface area contributed by atoms with Crippen LogP contribution in [-0.2, 0) is 0 Å². The van der Waals surface area contributed by atoms with Gasteiger partial charge in [-0.15, -0.1) is 0 Å².